The molecular weight excluding hydrogens is 264 g/mol. The summed E-state index contributed by atoms with van der Waals surface area (Å²) >= 11 is 0. The fourth-order valence-electron chi connectivity index (χ4n) is 2.94. The lowest BCUT2D eigenvalue weighted by Gasteiger charge is -2.35. The molecule has 0 saturated carbocycles. The van der Waals surface area contributed by atoms with E-state index in [4.69, 9.17) is 10.00 Å². The van der Waals surface area contributed by atoms with Crippen molar-refractivity contribution in [2.24, 2.45) is 0 Å². The maximum atomic E-state index is 11.5. The summed E-state index contributed by atoms with van der Waals surface area (Å²) in [5, 5.41) is 8.93. The number of methoxy groups -OCH3 is 1. The Labute approximate surface area is 126 Å². The summed E-state index contributed by atoms with van der Waals surface area (Å²) in [5.41, 5.74) is 3.06. The van der Waals surface area contributed by atoms with E-state index in [0.29, 0.717) is 12.0 Å². The van der Waals surface area contributed by atoms with Gasteiger partial charge in [-0.25, -0.2) is 0 Å². The number of carbonyl (C=O) groups excluding carboxylic acids is 1. The summed E-state index contributed by atoms with van der Waals surface area (Å²) in [6, 6.07) is 8.24. The molecule has 1 aromatic rings. The van der Waals surface area contributed by atoms with Crippen molar-refractivity contribution in [1.82, 2.24) is 4.90 Å². The van der Waals surface area contributed by atoms with E-state index < -0.39 is 0 Å². The van der Waals surface area contributed by atoms with Crippen molar-refractivity contribution in [1.29, 1.82) is 5.26 Å². The molecule has 1 saturated heterocycles. The predicted octanol–water partition coefficient (Wildman–Crippen LogP) is 2.78. The molecule has 0 N–H and O–H groups in total. The standard InChI is InChI=1S/C17H22N2O2/c1-13-9-14(11-18)6-7-15(13)12-19-8-4-3-5-16(19)10-17(20)21-2/h6-7,9,16H,3-5,8,10,12H2,1-2H3. The molecule has 0 aromatic heterocycles. The monoisotopic (exact) mass is 286 g/mol. The number of benzene rings is 1. The minimum atomic E-state index is -0.136. The van der Waals surface area contributed by atoms with Crippen LogP contribution in [0.2, 0.25) is 0 Å². The average molecular weight is 286 g/mol. The van der Waals surface area contributed by atoms with E-state index >= 15 is 0 Å². The molecule has 1 heterocycles. The zero-order valence-corrected chi connectivity index (χ0v) is 12.8. The first kappa shape index (κ1) is 15.5. The van der Waals surface area contributed by atoms with E-state index in [1.807, 2.05) is 25.1 Å². The van der Waals surface area contributed by atoms with Crippen LogP contribution in [-0.4, -0.2) is 30.6 Å². The molecule has 1 aromatic carbocycles. The third kappa shape index (κ3) is 4.05. The van der Waals surface area contributed by atoms with Crippen molar-refractivity contribution < 1.29 is 9.53 Å². The number of esters is 1. The van der Waals surface area contributed by atoms with Gasteiger partial charge in [0.25, 0.3) is 0 Å². The van der Waals surface area contributed by atoms with Gasteiger partial charge in [-0.3, -0.25) is 9.69 Å². The lowest BCUT2D eigenvalue weighted by atomic mass is 9.97. The van der Waals surface area contributed by atoms with Crippen molar-refractivity contribution >= 4 is 5.97 Å². The van der Waals surface area contributed by atoms with E-state index in [0.717, 1.165) is 25.1 Å². The molecule has 0 amide bonds. The zero-order valence-electron chi connectivity index (χ0n) is 12.8. The third-order valence-corrected chi connectivity index (χ3v) is 4.22. The second kappa shape index (κ2) is 7.24. The van der Waals surface area contributed by atoms with Gasteiger partial charge in [0, 0.05) is 12.6 Å². The molecule has 0 spiro atoms. The van der Waals surface area contributed by atoms with Crippen LogP contribution in [0.1, 0.15) is 42.4 Å². The summed E-state index contributed by atoms with van der Waals surface area (Å²) in [4.78, 5) is 13.9. The molecule has 1 unspecified atom stereocenters. The molecule has 4 heteroatoms. The van der Waals surface area contributed by atoms with E-state index in [1.54, 1.807) is 0 Å². The van der Waals surface area contributed by atoms with E-state index in [2.05, 4.69) is 11.0 Å². The molecule has 2 rings (SSSR count). The van der Waals surface area contributed by atoms with E-state index in [1.165, 1.54) is 25.5 Å². The number of nitrogens with zero attached hydrogens (tertiary/aromatic N) is 2. The lowest BCUT2D eigenvalue weighted by Crippen LogP contribution is -2.40. The quantitative estimate of drug-likeness (QED) is 0.799. The maximum Gasteiger partial charge on any atom is 0.307 e. The molecule has 1 aliphatic rings. The minimum Gasteiger partial charge on any atom is -0.469 e. The van der Waals surface area contributed by atoms with Crippen molar-refractivity contribution in [2.75, 3.05) is 13.7 Å². The first-order chi connectivity index (χ1) is 10.1. The van der Waals surface area contributed by atoms with Gasteiger partial charge >= 0.3 is 5.97 Å². The molecule has 4 nitrogen and oxygen atoms in total. The second-order valence-electron chi connectivity index (χ2n) is 5.65. The van der Waals surface area contributed by atoms with Crippen molar-refractivity contribution in [3.8, 4) is 6.07 Å². The first-order valence-corrected chi connectivity index (χ1v) is 7.44. The van der Waals surface area contributed by atoms with Crippen molar-refractivity contribution in [3.05, 3.63) is 34.9 Å². The van der Waals surface area contributed by atoms with Gasteiger partial charge in [0.1, 0.15) is 0 Å². The van der Waals surface area contributed by atoms with Crippen molar-refractivity contribution in [2.45, 2.75) is 45.2 Å². The van der Waals surface area contributed by atoms with E-state index in [9.17, 15) is 4.79 Å². The second-order valence-corrected chi connectivity index (χ2v) is 5.65. The minimum absolute atomic E-state index is 0.136. The number of hydrogen-bond acceptors (Lipinski definition) is 4. The van der Waals surface area contributed by atoms with Crippen molar-refractivity contribution in [3.63, 3.8) is 0 Å². The number of hydrogen-bond donors (Lipinski definition) is 0. The Balaban J connectivity index is 2.08. The fourth-order valence-corrected chi connectivity index (χ4v) is 2.94. The summed E-state index contributed by atoms with van der Waals surface area (Å²) in [6.07, 6.45) is 3.85. The molecule has 112 valence electrons. The van der Waals surface area contributed by atoms with Gasteiger partial charge in [-0.1, -0.05) is 12.5 Å². The molecule has 1 atom stereocenters. The van der Waals surface area contributed by atoms with Gasteiger partial charge < -0.3 is 4.74 Å². The summed E-state index contributed by atoms with van der Waals surface area (Å²) in [5.74, 6) is -0.136. The van der Waals surface area contributed by atoms with Gasteiger partial charge in [-0.05, 0) is 49.6 Å². The Morgan fingerprint density at radius 2 is 2.29 bits per heavy atom. The largest absolute Gasteiger partial charge is 0.469 e. The first-order valence-electron chi connectivity index (χ1n) is 7.44. The summed E-state index contributed by atoms with van der Waals surface area (Å²) < 4.78 is 4.80. The third-order valence-electron chi connectivity index (χ3n) is 4.22. The molecule has 0 aliphatic carbocycles. The highest BCUT2D eigenvalue weighted by Crippen LogP contribution is 2.23. The van der Waals surface area contributed by atoms with Gasteiger partial charge in [0.2, 0.25) is 0 Å². The van der Waals surface area contributed by atoms with Crippen LogP contribution >= 0.6 is 0 Å². The number of rotatable bonds is 4. The van der Waals surface area contributed by atoms with Crippen LogP contribution < -0.4 is 0 Å². The Morgan fingerprint density at radius 3 is 2.95 bits per heavy atom. The normalized spacial score (nSPS) is 19.0. The number of likely N-dealkylation sites (tertiary alicyclic amines) is 1. The van der Waals surface area contributed by atoms with Gasteiger partial charge in [-0.2, -0.15) is 5.26 Å². The Bertz CT molecular complexity index is 548. The van der Waals surface area contributed by atoms with Gasteiger partial charge in [-0.15, -0.1) is 0 Å². The highest BCUT2D eigenvalue weighted by Gasteiger charge is 2.25. The summed E-state index contributed by atoms with van der Waals surface area (Å²) in [7, 11) is 1.44. The number of carbonyl (C=O) groups is 1. The van der Waals surface area contributed by atoms with Crippen LogP contribution in [0.5, 0.6) is 0 Å². The number of piperidine rings is 1. The van der Waals surface area contributed by atoms with E-state index in [-0.39, 0.29) is 12.0 Å². The zero-order chi connectivity index (χ0) is 15.2. The number of nitriles is 1. The maximum absolute atomic E-state index is 11.5. The van der Waals surface area contributed by atoms with Crippen LogP contribution in [-0.2, 0) is 16.1 Å². The molecule has 1 aliphatic heterocycles. The molecule has 0 bridgehead atoms. The van der Waals surface area contributed by atoms with Gasteiger partial charge in [0.05, 0.1) is 25.2 Å². The molecule has 1 fully saturated rings. The molecule has 0 radical (unpaired) electrons. The average Bonchev–Trinajstić information content (AvgIpc) is 2.50. The summed E-state index contributed by atoms with van der Waals surface area (Å²) in [6.45, 7) is 3.88. The van der Waals surface area contributed by atoms with Crippen LogP contribution in [0.3, 0.4) is 0 Å². The van der Waals surface area contributed by atoms with Gasteiger partial charge in [0.15, 0.2) is 0 Å². The highest BCUT2D eigenvalue weighted by atomic mass is 16.5. The fraction of sp³-hybridized carbons (Fsp3) is 0.529. The molecular formula is C17H22N2O2. The smallest absolute Gasteiger partial charge is 0.307 e. The van der Waals surface area contributed by atoms with Crippen LogP contribution in [0, 0.1) is 18.3 Å². The van der Waals surface area contributed by atoms with Crippen LogP contribution in [0.15, 0.2) is 18.2 Å². The predicted molar refractivity (Wildman–Crippen MR) is 80.6 cm³/mol. The molecule has 21 heavy (non-hydrogen) atoms. The topological polar surface area (TPSA) is 53.3 Å². The lowest BCUT2D eigenvalue weighted by molar-refractivity contribution is -0.142. The Kier molecular flexibility index (Phi) is 5.35. The Hall–Kier alpha value is -1.86. The Morgan fingerprint density at radius 1 is 1.48 bits per heavy atom. The van der Waals surface area contributed by atoms with Crippen LogP contribution in [0.25, 0.3) is 0 Å². The number of ether oxygens (including phenoxy) is 1. The highest BCUT2D eigenvalue weighted by molar-refractivity contribution is 5.69. The van der Waals surface area contributed by atoms with Crippen LogP contribution in [0.4, 0.5) is 0 Å². The number of aryl methyl sites for hydroxylation is 1. The SMILES string of the molecule is COC(=O)CC1CCCCN1Cc1ccc(C#N)cc1C.